The molecule has 1 amide bonds. The van der Waals surface area contributed by atoms with Gasteiger partial charge in [0.1, 0.15) is 11.5 Å². The van der Waals surface area contributed by atoms with E-state index in [-0.39, 0.29) is 17.3 Å². The first kappa shape index (κ1) is 23.4. The second-order valence-corrected chi connectivity index (χ2v) is 9.77. The van der Waals surface area contributed by atoms with Crippen LogP contribution in [0.5, 0.6) is 11.5 Å². The van der Waals surface area contributed by atoms with E-state index in [9.17, 15) is 13.2 Å². The SMILES string of the molecule is CCOc1ccc(S(=O)(=O)N2CCC[C@H](C(=O)Nc3cc(Cl)ccc3OC)C2)cc1C. The van der Waals surface area contributed by atoms with Gasteiger partial charge in [0.2, 0.25) is 15.9 Å². The Kier molecular flexibility index (Phi) is 7.46. The molecule has 0 spiro atoms. The molecule has 0 aromatic heterocycles. The van der Waals surface area contributed by atoms with E-state index in [4.69, 9.17) is 21.1 Å². The summed E-state index contributed by atoms with van der Waals surface area (Å²) in [5.41, 5.74) is 1.21. The average molecular weight is 467 g/mol. The normalized spacial score (nSPS) is 17.2. The van der Waals surface area contributed by atoms with E-state index >= 15 is 0 Å². The lowest BCUT2D eigenvalue weighted by molar-refractivity contribution is -0.120. The van der Waals surface area contributed by atoms with Crippen molar-refractivity contribution in [1.82, 2.24) is 4.31 Å². The number of carbonyl (C=O) groups is 1. The number of piperidine rings is 1. The van der Waals surface area contributed by atoms with Crippen molar-refractivity contribution < 1.29 is 22.7 Å². The van der Waals surface area contributed by atoms with Gasteiger partial charge in [-0.25, -0.2) is 8.42 Å². The van der Waals surface area contributed by atoms with E-state index in [0.29, 0.717) is 48.2 Å². The minimum Gasteiger partial charge on any atom is -0.495 e. The summed E-state index contributed by atoms with van der Waals surface area (Å²) < 4.78 is 38.5. The first-order chi connectivity index (χ1) is 14.8. The molecular weight excluding hydrogens is 440 g/mol. The molecule has 0 bridgehead atoms. The first-order valence-electron chi connectivity index (χ1n) is 10.1. The number of methoxy groups -OCH3 is 1. The van der Waals surface area contributed by atoms with Crippen LogP contribution in [0, 0.1) is 12.8 Å². The monoisotopic (exact) mass is 466 g/mol. The second-order valence-electron chi connectivity index (χ2n) is 7.40. The van der Waals surface area contributed by atoms with Crippen LogP contribution in [0.2, 0.25) is 5.02 Å². The van der Waals surface area contributed by atoms with Gasteiger partial charge in [0.05, 0.1) is 30.2 Å². The van der Waals surface area contributed by atoms with E-state index in [2.05, 4.69) is 5.32 Å². The zero-order valence-electron chi connectivity index (χ0n) is 17.9. The fraction of sp³-hybridized carbons (Fsp3) is 0.409. The Bertz CT molecular complexity index is 1060. The maximum absolute atomic E-state index is 13.2. The molecule has 2 aromatic rings. The Morgan fingerprint density at radius 2 is 1.97 bits per heavy atom. The molecule has 0 radical (unpaired) electrons. The molecule has 2 aromatic carbocycles. The zero-order valence-corrected chi connectivity index (χ0v) is 19.4. The number of nitrogens with zero attached hydrogens (tertiary/aromatic N) is 1. The lowest BCUT2D eigenvalue weighted by atomic mass is 9.98. The molecule has 1 N–H and O–H groups in total. The standard InChI is InChI=1S/C22H27ClN2O5S/c1-4-30-20-10-8-18(12-15(20)2)31(27,28)25-11-5-6-16(14-25)22(26)24-19-13-17(23)7-9-21(19)29-3/h7-10,12-13,16H,4-6,11,14H2,1-3H3,(H,24,26)/t16-/m0/s1. The van der Waals surface area contributed by atoms with Crippen LogP contribution in [0.25, 0.3) is 0 Å². The molecule has 0 unspecified atom stereocenters. The molecule has 1 aliphatic rings. The van der Waals surface area contributed by atoms with Crippen molar-refractivity contribution in [3.05, 3.63) is 47.0 Å². The highest BCUT2D eigenvalue weighted by Gasteiger charge is 2.33. The highest BCUT2D eigenvalue weighted by molar-refractivity contribution is 7.89. The van der Waals surface area contributed by atoms with Crippen LogP contribution < -0.4 is 14.8 Å². The Balaban J connectivity index is 1.76. The number of aryl methyl sites for hydroxylation is 1. The maximum atomic E-state index is 13.2. The van der Waals surface area contributed by atoms with E-state index in [1.54, 1.807) is 36.4 Å². The molecular formula is C22H27ClN2O5S. The predicted molar refractivity (Wildman–Crippen MR) is 120 cm³/mol. The number of rotatable bonds is 7. The third kappa shape index (κ3) is 5.31. The summed E-state index contributed by atoms with van der Waals surface area (Å²) in [7, 11) is -2.22. The lowest BCUT2D eigenvalue weighted by Gasteiger charge is -2.31. The predicted octanol–water partition coefficient (Wildman–Crippen LogP) is 4.10. The Morgan fingerprint density at radius 1 is 1.23 bits per heavy atom. The van der Waals surface area contributed by atoms with Crippen molar-refractivity contribution in [2.24, 2.45) is 5.92 Å². The van der Waals surface area contributed by atoms with Gasteiger partial charge in [-0.1, -0.05) is 11.6 Å². The second kappa shape index (κ2) is 9.89. The number of benzene rings is 2. The number of sulfonamides is 1. The van der Waals surface area contributed by atoms with Gasteiger partial charge in [-0.2, -0.15) is 4.31 Å². The summed E-state index contributed by atoms with van der Waals surface area (Å²) in [5, 5.41) is 3.30. The van der Waals surface area contributed by atoms with Gasteiger partial charge < -0.3 is 14.8 Å². The number of amides is 1. The Morgan fingerprint density at radius 3 is 2.65 bits per heavy atom. The van der Waals surface area contributed by atoms with Gasteiger partial charge >= 0.3 is 0 Å². The van der Waals surface area contributed by atoms with E-state index < -0.39 is 15.9 Å². The molecule has 0 aliphatic carbocycles. The fourth-order valence-corrected chi connectivity index (χ4v) is 5.42. The highest BCUT2D eigenvalue weighted by atomic mass is 35.5. The summed E-state index contributed by atoms with van der Waals surface area (Å²) in [6.45, 7) is 4.69. The molecule has 1 aliphatic heterocycles. The van der Waals surface area contributed by atoms with Crippen molar-refractivity contribution >= 4 is 33.2 Å². The van der Waals surface area contributed by atoms with Gasteiger partial charge in [-0.15, -0.1) is 0 Å². The molecule has 9 heteroatoms. The topological polar surface area (TPSA) is 84.9 Å². The molecule has 0 saturated carbocycles. The fourth-order valence-electron chi connectivity index (χ4n) is 3.64. The number of hydrogen-bond acceptors (Lipinski definition) is 5. The van der Waals surface area contributed by atoms with Crippen molar-refractivity contribution in [2.75, 3.05) is 32.1 Å². The number of hydrogen-bond donors (Lipinski definition) is 1. The highest BCUT2D eigenvalue weighted by Crippen LogP contribution is 2.31. The lowest BCUT2D eigenvalue weighted by Crippen LogP contribution is -2.43. The van der Waals surface area contributed by atoms with Crippen LogP contribution in [-0.4, -0.2) is 45.4 Å². The van der Waals surface area contributed by atoms with Gasteiger partial charge in [-0.05, 0) is 68.7 Å². The van der Waals surface area contributed by atoms with Crippen LogP contribution in [0.1, 0.15) is 25.3 Å². The van der Waals surface area contributed by atoms with E-state index in [1.807, 2.05) is 13.8 Å². The van der Waals surface area contributed by atoms with Gasteiger partial charge in [-0.3, -0.25) is 4.79 Å². The Labute approximate surface area is 188 Å². The summed E-state index contributed by atoms with van der Waals surface area (Å²) in [5.74, 6) is 0.412. The molecule has 1 saturated heterocycles. The van der Waals surface area contributed by atoms with Crippen molar-refractivity contribution in [2.45, 2.75) is 31.6 Å². The van der Waals surface area contributed by atoms with Crippen molar-refractivity contribution in [3.8, 4) is 11.5 Å². The first-order valence-corrected chi connectivity index (χ1v) is 12.0. The quantitative estimate of drug-likeness (QED) is 0.664. The van der Waals surface area contributed by atoms with Gasteiger partial charge in [0.15, 0.2) is 0 Å². The molecule has 1 atom stereocenters. The van der Waals surface area contributed by atoms with Crippen LogP contribution >= 0.6 is 11.6 Å². The average Bonchev–Trinajstić information content (AvgIpc) is 2.75. The van der Waals surface area contributed by atoms with Crippen LogP contribution in [0.15, 0.2) is 41.3 Å². The third-order valence-electron chi connectivity index (χ3n) is 5.26. The van der Waals surface area contributed by atoms with E-state index in [0.717, 1.165) is 5.56 Å². The number of halogens is 1. The molecule has 1 heterocycles. The Hall–Kier alpha value is -2.29. The molecule has 3 rings (SSSR count). The van der Waals surface area contributed by atoms with Gasteiger partial charge in [0.25, 0.3) is 0 Å². The zero-order chi connectivity index (χ0) is 22.6. The summed E-state index contributed by atoms with van der Waals surface area (Å²) in [6, 6.07) is 9.78. The van der Waals surface area contributed by atoms with Crippen LogP contribution in [-0.2, 0) is 14.8 Å². The largest absolute Gasteiger partial charge is 0.495 e. The van der Waals surface area contributed by atoms with Crippen LogP contribution in [0.4, 0.5) is 5.69 Å². The van der Waals surface area contributed by atoms with Gasteiger partial charge in [0, 0.05) is 18.1 Å². The molecule has 31 heavy (non-hydrogen) atoms. The minimum absolute atomic E-state index is 0.114. The number of anilines is 1. The minimum atomic E-state index is -3.72. The van der Waals surface area contributed by atoms with Crippen molar-refractivity contribution in [1.29, 1.82) is 0 Å². The molecule has 168 valence electrons. The summed E-state index contributed by atoms with van der Waals surface area (Å²) in [4.78, 5) is 13.1. The summed E-state index contributed by atoms with van der Waals surface area (Å²) in [6.07, 6.45) is 1.20. The molecule has 7 nitrogen and oxygen atoms in total. The van der Waals surface area contributed by atoms with E-state index in [1.165, 1.54) is 11.4 Å². The number of nitrogens with one attached hydrogen (secondary N) is 1. The maximum Gasteiger partial charge on any atom is 0.243 e. The molecule has 1 fully saturated rings. The smallest absolute Gasteiger partial charge is 0.243 e. The summed E-state index contributed by atoms with van der Waals surface area (Å²) >= 11 is 6.03. The number of ether oxygens (including phenoxy) is 2. The van der Waals surface area contributed by atoms with Crippen LogP contribution in [0.3, 0.4) is 0 Å². The third-order valence-corrected chi connectivity index (χ3v) is 7.35. The number of carbonyl (C=O) groups excluding carboxylic acids is 1. The van der Waals surface area contributed by atoms with Crippen molar-refractivity contribution in [3.63, 3.8) is 0 Å².